The summed E-state index contributed by atoms with van der Waals surface area (Å²) >= 11 is 0. The molecule has 1 aliphatic rings. The van der Waals surface area contributed by atoms with Crippen molar-refractivity contribution in [2.45, 2.75) is 18.8 Å². The predicted molar refractivity (Wildman–Crippen MR) is 68.8 cm³/mol. The number of hydrogen-bond acceptors (Lipinski definition) is 4. The Labute approximate surface area is 104 Å². The Balaban J connectivity index is 2.06. The summed E-state index contributed by atoms with van der Waals surface area (Å²) in [6.07, 6.45) is 2.04. The van der Waals surface area contributed by atoms with Crippen LogP contribution in [-0.2, 0) is 0 Å². The van der Waals surface area contributed by atoms with Crippen LogP contribution in [0.3, 0.4) is 0 Å². The van der Waals surface area contributed by atoms with Gasteiger partial charge in [0.15, 0.2) is 0 Å². The first kappa shape index (κ1) is 11.3. The highest BCUT2D eigenvalue weighted by Gasteiger charge is 2.19. The van der Waals surface area contributed by atoms with Crippen LogP contribution in [0.5, 0.6) is 0 Å². The van der Waals surface area contributed by atoms with Gasteiger partial charge in [-0.15, -0.1) is 0 Å². The number of nitrogen functional groups attached to an aromatic ring is 1. The van der Waals surface area contributed by atoms with Crippen LogP contribution in [0.15, 0.2) is 18.2 Å². The van der Waals surface area contributed by atoms with E-state index in [0.717, 1.165) is 37.3 Å². The van der Waals surface area contributed by atoms with Crippen LogP contribution in [-0.4, -0.2) is 23.1 Å². The topological polar surface area (TPSA) is 63.8 Å². The lowest BCUT2D eigenvalue weighted by atomic mass is 9.97. The lowest BCUT2D eigenvalue weighted by Gasteiger charge is -2.21. The minimum Gasteiger partial charge on any atom is -0.383 e. The Bertz CT molecular complexity index is 578. The Kier molecular flexibility index (Phi) is 2.83. The zero-order chi connectivity index (χ0) is 12.5. The van der Waals surface area contributed by atoms with E-state index in [1.807, 2.05) is 0 Å². The number of rotatable bonds is 1. The molecule has 1 fully saturated rings. The van der Waals surface area contributed by atoms with E-state index >= 15 is 0 Å². The molecule has 1 aromatic carbocycles. The lowest BCUT2D eigenvalue weighted by molar-refractivity contribution is 0.446. The second-order valence-corrected chi connectivity index (χ2v) is 4.65. The third kappa shape index (κ3) is 2.01. The number of piperidine rings is 1. The molecule has 0 saturated carbocycles. The summed E-state index contributed by atoms with van der Waals surface area (Å²) in [6, 6.07) is 4.45. The number of anilines is 1. The molecule has 18 heavy (non-hydrogen) atoms. The van der Waals surface area contributed by atoms with E-state index in [1.54, 1.807) is 6.07 Å². The van der Waals surface area contributed by atoms with Crippen LogP contribution in [0.2, 0.25) is 0 Å². The van der Waals surface area contributed by atoms with Crippen LogP contribution in [0.1, 0.15) is 24.6 Å². The van der Waals surface area contributed by atoms with Crippen molar-refractivity contribution in [1.29, 1.82) is 0 Å². The van der Waals surface area contributed by atoms with Gasteiger partial charge in [0.05, 0.1) is 5.52 Å². The van der Waals surface area contributed by atoms with Gasteiger partial charge in [0, 0.05) is 11.3 Å². The second-order valence-electron chi connectivity index (χ2n) is 4.65. The van der Waals surface area contributed by atoms with E-state index < -0.39 is 0 Å². The van der Waals surface area contributed by atoms with E-state index in [1.165, 1.54) is 12.1 Å². The zero-order valence-electron chi connectivity index (χ0n) is 9.99. The van der Waals surface area contributed by atoms with Gasteiger partial charge in [0.1, 0.15) is 17.5 Å². The van der Waals surface area contributed by atoms with Crippen molar-refractivity contribution < 1.29 is 4.39 Å². The smallest absolute Gasteiger partial charge is 0.135 e. The maximum atomic E-state index is 13.2. The molecular formula is C13H15FN4. The molecule has 3 N–H and O–H groups in total. The number of fused-ring (bicyclic) bond motifs is 1. The molecule has 0 bridgehead atoms. The number of halogens is 1. The number of nitrogens with two attached hydrogens (primary N) is 1. The minimum absolute atomic E-state index is 0.313. The first-order valence-electron chi connectivity index (χ1n) is 6.17. The van der Waals surface area contributed by atoms with Crippen molar-refractivity contribution in [2.24, 2.45) is 0 Å². The highest BCUT2D eigenvalue weighted by Crippen LogP contribution is 2.26. The molecule has 3 rings (SSSR count). The Morgan fingerprint density at radius 2 is 2.00 bits per heavy atom. The number of benzene rings is 1. The summed E-state index contributed by atoms with van der Waals surface area (Å²) in [4.78, 5) is 8.85. The number of nitrogens with zero attached hydrogens (tertiary/aromatic N) is 2. The summed E-state index contributed by atoms with van der Waals surface area (Å²) in [6.45, 7) is 1.96. The van der Waals surface area contributed by atoms with Crippen molar-refractivity contribution in [3.8, 4) is 0 Å². The van der Waals surface area contributed by atoms with Crippen LogP contribution in [0.25, 0.3) is 10.9 Å². The van der Waals surface area contributed by atoms with Crippen LogP contribution in [0, 0.1) is 5.82 Å². The molecule has 0 unspecified atom stereocenters. The molecule has 0 spiro atoms. The van der Waals surface area contributed by atoms with Crippen LogP contribution in [0.4, 0.5) is 10.2 Å². The third-order valence-electron chi connectivity index (χ3n) is 3.41. The van der Waals surface area contributed by atoms with Crippen LogP contribution < -0.4 is 11.1 Å². The fourth-order valence-corrected chi connectivity index (χ4v) is 2.41. The molecule has 1 saturated heterocycles. The molecule has 5 heteroatoms. The largest absolute Gasteiger partial charge is 0.383 e. The number of aromatic nitrogens is 2. The molecular weight excluding hydrogens is 231 g/mol. The second kappa shape index (κ2) is 4.49. The zero-order valence-corrected chi connectivity index (χ0v) is 9.99. The van der Waals surface area contributed by atoms with Crippen molar-refractivity contribution in [3.63, 3.8) is 0 Å². The molecule has 0 atom stereocenters. The number of hydrogen-bond donors (Lipinski definition) is 2. The van der Waals surface area contributed by atoms with Crippen molar-refractivity contribution in [2.75, 3.05) is 18.8 Å². The van der Waals surface area contributed by atoms with Crippen molar-refractivity contribution >= 4 is 16.7 Å². The van der Waals surface area contributed by atoms with Gasteiger partial charge in [-0.2, -0.15) is 0 Å². The van der Waals surface area contributed by atoms with E-state index in [0.29, 0.717) is 17.1 Å². The standard InChI is InChI=1S/C13H15FN4/c14-9-1-2-11-10(7-9)12(15)18-13(17-11)8-3-5-16-6-4-8/h1-2,7-8,16H,3-6H2,(H2,15,17,18). The average Bonchev–Trinajstić information content (AvgIpc) is 2.40. The molecule has 2 aromatic rings. The Hall–Kier alpha value is -1.75. The van der Waals surface area contributed by atoms with E-state index in [4.69, 9.17) is 5.73 Å². The highest BCUT2D eigenvalue weighted by molar-refractivity contribution is 5.87. The summed E-state index contributed by atoms with van der Waals surface area (Å²) in [5.41, 5.74) is 6.62. The molecule has 1 aromatic heterocycles. The molecule has 0 amide bonds. The lowest BCUT2D eigenvalue weighted by Crippen LogP contribution is -2.27. The third-order valence-corrected chi connectivity index (χ3v) is 3.41. The van der Waals surface area contributed by atoms with Crippen LogP contribution >= 0.6 is 0 Å². The first-order valence-corrected chi connectivity index (χ1v) is 6.17. The minimum atomic E-state index is -0.313. The maximum absolute atomic E-state index is 13.2. The Morgan fingerprint density at radius 3 is 2.78 bits per heavy atom. The first-order chi connectivity index (χ1) is 8.74. The fourth-order valence-electron chi connectivity index (χ4n) is 2.41. The van der Waals surface area contributed by atoms with Gasteiger partial charge in [0.2, 0.25) is 0 Å². The van der Waals surface area contributed by atoms with Gasteiger partial charge in [-0.25, -0.2) is 14.4 Å². The van der Waals surface area contributed by atoms with E-state index in [2.05, 4.69) is 15.3 Å². The van der Waals surface area contributed by atoms with Gasteiger partial charge in [-0.05, 0) is 44.1 Å². The molecule has 0 aliphatic carbocycles. The quantitative estimate of drug-likeness (QED) is 0.805. The van der Waals surface area contributed by atoms with E-state index in [-0.39, 0.29) is 5.82 Å². The molecule has 94 valence electrons. The van der Waals surface area contributed by atoms with E-state index in [9.17, 15) is 4.39 Å². The SMILES string of the molecule is Nc1nc(C2CCNCC2)nc2ccc(F)cc12. The van der Waals surface area contributed by atoms with Gasteiger partial charge in [-0.1, -0.05) is 0 Å². The monoisotopic (exact) mass is 246 g/mol. The Morgan fingerprint density at radius 1 is 1.22 bits per heavy atom. The highest BCUT2D eigenvalue weighted by atomic mass is 19.1. The summed E-state index contributed by atoms with van der Waals surface area (Å²) in [5.74, 6) is 1.19. The van der Waals surface area contributed by atoms with Gasteiger partial charge >= 0.3 is 0 Å². The fraction of sp³-hybridized carbons (Fsp3) is 0.385. The average molecular weight is 246 g/mol. The maximum Gasteiger partial charge on any atom is 0.135 e. The summed E-state index contributed by atoms with van der Waals surface area (Å²) in [5, 5.41) is 3.90. The van der Waals surface area contributed by atoms with Crippen molar-refractivity contribution in [3.05, 3.63) is 29.8 Å². The van der Waals surface area contributed by atoms with Gasteiger partial charge in [0.25, 0.3) is 0 Å². The predicted octanol–water partition coefficient (Wildman–Crippen LogP) is 1.82. The normalized spacial score (nSPS) is 17.2. The molecule has 0 radical (unpaired) electrons. The van der Waals surface area contributed by atoms with Gasteiger partial charge < -0.3 is 11.1 Å². The molecule has 2 heterocycles. The van der Waals surface area contributed by atoms with Gasteiger partial charge in [-0.3, -0.25) is 0 Å². The molecule has 1 aliphatic heterocycles. The summed E-state index contributed by atoms with van der Waals surface area (Å²) in [7, 11) is 0. The molecule has 4 nitrogen and oxygen atoms in total. The van der Waals surface area contributed by atoms with Crippen molar-refractivity contribution in [1.82, 2.24) is 15.3 Å². The summed E-state index contributed by atoms with van der Waals surface area (Å²) < 4.78 is 13.2. The number of nitrogens with one attached hydrogen (secondary N) is 1.